The summed E-state index contributed by atoms with van der Waals surface area (Å²) in [7, 11) is 1.92. The molecule has 32 heavy (non-hydrogen) atoms. The van der Waals surface area contributed by atoms with Crippen LogP contribution in [0.1, 0.15) is 32.1 Å². The van der Waals surface area contributed by atoms with Crippen molar-refractivity contribution in [2.75, 3.05) is 31.2 Å². The summed E-state index contributed by atoms with van der Waals surface area (Å²) in [6, 6.07) is 5.75. The molecule has 0 bridgehead atoms. The van der Waals surface area contributed by atoms with Crippen LogP contribution in [0, 0.1) is 6.92 Å². The molecule has 9 nitrogen and oxygen atoms in total. The number of piperidine rings is 1. The predicted octanol–water partition coefficient (Wildman–Crippen LogP) is 3.07. The quantitative estimate of drug-likeness (QED) is 0.506. The first-order chi connectivity index (χ1) is 15.3. The number of alkyl halides is 1. The number of rotatable bonds is 4. The van der Waals surface area contributed by atoms with E-state index in [-0.39, 0.29) is 12.1 Å². The summed E-state index contributed by atoms with van der Waals surface area (Å²) in [5, 5.41) is 7.66. The van der Waals surface area contributed by atoms with E-state index in [9.17, 15) is 4.39 Å². The highest BCUT2D eigenvalue weighted by atomic mass is 19.1. The zero-order chi connectivity index (χ0) is 22.6. The molecule has 1 saturated heterocycles. The van der Waals surface area contributed by atoms with E-state index in [4.69, 9.17) is 10.7 Å². The van der Waals surface area contributed by atoms with E-state index in [2.05, 4.69) is 38.8 Å². The van der Waals surface area contributed by atoms with Gasteiger partial charge in [-0.25, -0.2) is 18.9 Å². The van der Waals surface area contributed by atoms with Gasteiger partial charge in [0.1, 0.15) is 23.0 Å². The Morgan fingerprint density at radius 2 is 2.00 bits per heavy atom. The Morgan fingerprint density at radius 1 is 1.19 bits per heavy atom. The number of halogens is 1. The Hall–Kier alpha value is -3.27. The first-order valence-corrected chi connectivity index (χ1v) is 10.9. The van der Waals surface area contributed by atoms with E-state index in [1.807, 2.05) is 43.3 Å². The van der Waals surface area contributed by atoms with Crippen molar-refractivity contribution in [2.45, 2.75) is 45.4 Å². The first kappa shape index (κ1) is 20.6. The van der Waals surface area contributed by atoms with Crippen LogP contribution in [0.2, 0.25) is 0 Å². The average molecular weight is 438 g/mol. The maximum atomic E-state index is 14.4. The number of anilines is 2. The van der Waals surface area contributed by atoms with E-state index < -0.39 is 6.17 Å². The topological polar surface area (TPSA) is 102 Å². The van der Waals surface area contributed by atoms with Crippen LogP contribution in [0.5, 0.6) is 0 Å². The number of hydrogen-bond acceptors (Lipinski definition) is 7. The smallest absolute Gasteiger partial charge is 0.243 e. The normalized spacial score (nSPS) is 19.9. The molecular formula is C22H28FN9. The van der Waals surface area contributed by atoms with Gasteiger partial charge in [0.05, 0.1) is 11.7 Å². The van der Waals surface area contributed by atoms with Crippen molar-refractivity contribution in [2.24, 2.45) is 0 Å². The lowest BCUT2D eigenvalue weighted by atomic mass is 10.0. The number of imidazole rings is 1. The van der Waals surface area contributed by atoms with Gasteiger partial charge >= 0.3 is 0 Å². The number of hydrogen-bond donors (Lipinski definition) is 2. The molecule has 0 aliphatic carbocycles. The van der Waals surface area contributed by atoms with E-state index in [0.29, 0.717) is 30.2 Å². The summed E-state index contributed by atoms with van der Waals surface area (Å²) in [6.45, 7) is 7.43. The molecule has 0 unspecified atom stereocenters. The number of nitrogen functional groups attached to an aromatic ring is 1. The second-order valence-corrected chi connectivity index (χ2v) is 8.82. The highest BCUT2D eigenvalue weighted by Gasteiger charge is 2.28. The zero-order valence-corrected chi connectivity index (χ0v) is 18.7. The molecule has 168 valence electrons. The minimum absolute atomic E-state index is 0.245. The van der Waals surface area contributed by atoms with Gasteiger partial charge in [0.25, 0.3) is 0 Å². The molecule has 2 atom stereocenters. The van der Waals surface area contributed by atoms with Gasteiger partial charge in [-0.2, -0.15) is 4.98 Å². The number of aromatic nitrogens is 6. The highest BCUT2D eigenvalue weighted by Crippen LogP contribution is 2.30. The second kappa shape index (κ2) is 7.70. The predicted molar refractivity (Wildman–Crippen MR) is 123 cm³/mol. The molecule has 3 N–H and O–H groups in total. The number of aryl methyl sites for hydroxylation is 1. The van der Waals surface area contributed by atoms with Gasteiger partial charge in [-0.3, -0.25) is 0 Å². The fraction of sp³-hybridized carbons (Fsp3) is 0.455. The van der Waals surface area contributed by atoms with Crippen molar-refractivity contribution in [3.63, 3.8) is 0 Å². The van der Waals surface area contributed by atoms with E-state index in [1.165, 1.54) is 0 Å². The van der Waals surface area contributed by atoms with Gasteiger partial charge in [0, 0.05) is 30.9 Å². The van der Waals surface area contributed by atoms with Gasteiger partial charge in [0.15, 0.2) is 11.5 Å². The van der Waals surface area contributed by atoms with Crippen molar-refractivity contribution < 1.29 is 4.39 Å². The fourth-order valence-corrected chi connectivity index (χ4v) is 4.56. The van der Waals surface area contributed by atoms with Crippen molar-refractivity contribution in [3.8, 4) is 11.3 Å². The van der Waals surface area contributed by atoms with E-state index in [1.54, 1.807) is 4.52 Å². The van der Waals surface area contributed by atoms with Crippen molar-refractivity contribution >= 4 is 28.4 Å². The number of nitrogens with two attached hydrogens (primary N) is 1. The maximum absolute atomic E-state index is 14.4. The molecule has 5 rings (SSSR count). The molecule has 10 heteroatoms. The van der Waals surface area contributed by atoms with Gasteiger partial charge in [-0.05, 0) is 52.4 Å². The van der Waals surface area contributed by atoms with Crippen LogP contribution in [0.3, 0.4) is 0 Å². The van der Waals surface area contributed by atoms with Crippen molar-refractivity contribution in [1.82, 2.24) is 34.0 Å². The van der Waals surface area contributed by atoms with Gasteiger partial charge in [0.2, 0.25) is 5.95 Å². The molecule has 0 spiro atoms. The first-order valence-electron chi connectivity index (χ1n) is 10.9. The van der Waals surface area contributed by atoms with Crippen LogP contribution in [0.4, 0.5) is 16.2 Å². The molecule has 0 saturated carbocycles. The van der Waals surface area contributed by atoms with Crippen LogP contribution >= 0.6 is 0 Å². The highest BCUT2D eigenvalue weighted by molar-refractivity contribution is 5.88. The third kappa shape index (κ3) is 3.44. The van der Waals surface area contributed by atoms with Crippen molar-refractivity contribution in [1.29, 1.82) is 0 Å². The minimum Gasteiger partial charge on any atom is -0.382 e. The Kier molecular flexibility index (Phi) is 4.96. The van der Waals surface area contributed by atoms with Crippen LogP contribution < -0.4 is 11.1 Å². The summed E-state index contributed by atoms with van der Waals surface area (Å²) >= 11 is 0. The maximum Gasteiger partial charge on any atom is 0.243 e. The number of fused-ring (bicyclic) bond motifs is 2. The monoisotopic (exact) mass is 437 g/mol. The summed E-state index contributed by atoms with van der Waals surface area (Å²) in [4.78, 5) is 15.9. The fourth-order valence-electron chi connectivity index (χ4n) is 4.56. The van der Waals surface area contributed by atoms with E-state index in [0.717, 1.165) is 34.8 Å². The number of nitrogens with zero attached hydrogens (tertiary/aromatic N) is 7. The van der Waals surface area contributed by atoms with Gasteiger partial charge in [-0.15, -0.1) is 5.10 Å². The standard InChI is InChI=1S/C22H28FN9/c1-12(2)32-13(3)25-18-6-5-16(26-21(18)32)14-7-10-31-19(14)20(24)28-22(29-31)27-17-8-9-30(4)11-15(17)23/h5-7,10,12,15,17H,8-9,11H2,1-4H3,(H3,24,27,28,29)/t15-,17+/m1/s1. The molecule has 1 fully saturated rings. The molecule has 0 aromatic carbocycles. The van der Waals surface area contributed by atoms with Crippen LogP contribution in [-0.2, 0) is 0 Å². The lowest BCUT2D eigenvalue weighted by Crippen LogP contribution is -2.46. The molecule has 4 aromatic rings. The summed E-state index contributed by atoms with van der Waals surface area (Å²) < 4.78 is 18.2. The number of pyridine rings is 1. The third-order valence-corrected chi connectivity index (χ3v) is 6.10. The Balaban J connectivity index is 1.52. The number of nitrogens with one attached hydrogen (secondary N) is 1. The minimum atomic E-state index is -0.986. The molecule has 1 aliphatic rings. The lowest BCUT2D eigenvalue weighted by Gasteiger charge is -2.32. The summed E-state index contributed by atoms with van der Waals surface area (Å²) in [5.41, 5.74) is 10.3. The van der Waals surface area contributed by atoms with Gasteiger partial charge in [-0.1, -0.05) is 0 Å². The van der Waals surface area contributed by atoms with Crippen molar-refractivity contribution in [3.05, 3.63) is 30.2 Å². The Labute approximate surface area is 185 Å². The third-order valence-electron chi connectivity index (χ3n) is 6.10. The Bertz CT molecular complexity index is 1290. The molecule has 5 heterocycles. The average Bonchev–Trinajstić information content (AvgIpc) is 3.30. The Morgan fingerprint density at radius 3 is 2.75 bits per heavy atom. The summed E-state index contributed by atoms with van der Waals surface area (Å²) in [5.74, 6) is 1.58. The van der Waals surface area contributed by atoms with Gasteiger partial charge < -0.3 is 20.5 Å². The largest absolute Gasteiger partial charge is 0.382 e. The molecule has 0 amide bonds. The SMILES string of the molecule is Cc1nc2ccc(-c3ccn4nc(N[C@H]5CCN(C)C[C@H]5F)nc(N)c34)nc2n1C(C)C. The molecular weight excluding hydrogens is 409 g/mol. The second-order valence-electron chi connectivity index (χ2n) is 8.82. The van der Waals surface area contributed by atoms with Crippen LogP contribution in [0.25, 0.3) is 27.9 Å². The van der Waals surface area contributed by atoms with Crippen LogP contribution in [-0.4, -0.2) is 66.4 Å². The summed E-state index contributed by atoms with van der Waals surface area (Å²) in [6.07, 6.45) is 1.52. The zero-order valence-electron chi connectivity index (χ0n) is 18.7. The van der Waals surface area contributed by atoms with Crippen LogP contribution in [0.15, 0.2) is 24.4 Å². The van der Waals surface area contributed by atoms with E-state index >= 15 is 0 Å². The molecule has 0 radical (unpaired) electrons. The number of likely N-dealkylation sites (tertiary alicyclic amines) is 1. The molecule has 4 aromatic heterocycles. The lowest BCUT2D eigenvalue weighted by molar-refractivity contribution is 0.149. The molecule has 1 aliphatic heterocycles.